The molecule has 0 heteroatoms. The summed E-state index contributed by atoms with van der Waals surface area (Å²) < 4.78 is 0. The first-order valence-electron chi connectivity index (χ1n) is 6.22. The molecule has 0 saturated carbocycles. The van der Waals surface area contributed by atoms with E-state index in [-0.39, 0.29) is 0 Å². The van der Waals surface area contributed by atoms with Crippen molar-refractivity contribution in [2.45, 2.75) is 59.8 Å². The minimum atomic E-state index is 0.752. The van der Waals surface area contributed by atoms with Crippen LogP contribution in [0.5, 0.6) is 0 Å². The van der Waals surface area contributed by atoms with Gasteiger partial charge >= 0.3 is 0 Å². The monoisotopic (exact) mass is 196 g/mol. The highest BCUT2D eigenvalue weighted by atomic mass is 14.2. The summed E-state index contributed by atoms with van der Waals surface area (Å²) in [6.45, 7) is 13.2. The molecule has 0 aromatic carbocycles. The van der Waals surface area contributed by atoms with Gasteiger partial charge in [-0.05, 0) is 30.6 Å². The molecule has 0 radical (unpaired) electrons. The summed E-state index contributed by atoms with van der Waals surface area (Å²) in [6, 6.07) is 0. The third-order valence-electron chi connectivity index (χ3n) is 2.93. The zero-order valence-electron chi connectivity index (χ0n) is 10.6. The van der Waals surface area contributed by atoms with Crippen LogP contribution in [0.4, 0.5) is 0 Å². The largest absolute Gasteiger partial charge is 0.103 e. The van der Waals surface area contributed by atoms with E-state index in [9.17, 15) is 0 Å². The van der Waals surface area contributed by atoms with Gasteiger partial charge in [-0.25, -0.2) is 0 Å². The summed E-state index contributed by atoms with van der Waals surface area (Å²) in [7, 11) is 0. The summed E-state index contributed by atoms with van der Waals surface area (Å²) in [5, 5.41) is 0. The maximum atomic E-state index is 3.93. The fourth-order valence-electron chi connectivity index (χ4n) is 1.96. The molecule has 0 heterocycles. The van der Waals surface area contributed by atoms with Crippen LogP contribution in [0.2, 0.25) is 0 Å². The number of rotatable bonds is 8. The smallest absolute Gasteiger partial charge is 0.0234 e. The second-order valence-electron chi connectivity index (χ2n) is 5.10. The first-order chi connectivity index (χ1) is 6.60. The molecule has 0 bridgehead atoms. The van der Waals surface area contributed by atoms with E-state index in [4.69, 9.17) is 0 Å². The molecule has 84 valence electrons. The molecule has 0 N–H and O–H groups in total. The van der Waals surface area contributed by atoms with Gasteiger partial charge in [0.15, 0.2) is 0 Å². The second-order valence-corrected chi connectivity index (χ2v) is 5.10. The minimum absolute atomic E-state index is 0.752. The molecule has 0 amide bonds. The minimum Gasteiger partial charge on any atom is -0.103 e. The van der Waals surface area contributed by atoms with Crippen LogP contribution in [-0.2, 0) is 0 Å². The maximum Gasteiger partial charge on any atom is -0.0234 e. The molecule has 2 atom stereocenters. The Balaban J connectivity index is 3.66. The summed E-state index contributed by atoms with van der Waals surface area (Å²) in [5.74, 6) is 2.47. The van der Waals surface area contributed by atoms with E-state index in [1.165, 1.54) is 32.1 Å². The second kappa shape index (κ2) is 8.08. The van der Waals surface area contributed by atoms with E-state index in [1.54, 1.807) is 0 Å². The molecule has 0 aliphatic rings. The van der Waals surface area contributed by atoms with E-state index in [1.807, 2.05) is 0 Å². The van der Waals surface area contributed by atoms with Crippen molar-refractivity contribution in [3.63, 3.8) is 0 Å². The third-order valence-corrected chi connectivity index (χ3v) is 2.93. The molecule has 2 unspecified atom stereocenters. The van der Waals surface area contributed by atoms with Crippen molar-refractivity contribution in [3.05, 3.63) is 12.7 Å². The highest BCUT2D eigenvalue weighted by Crippen LogP contribution is 2.22. The van der Waals surface area contributed by atoms with Crippen LogP contribution < -0.4 is 0 Å². The lowest BCUT2D eigenvalue weighted by molar-refractivity contribution is 0.374. The van der Waals surface area contributed by atoms with Crippen LogP contribution in [0, 0.1) is 17.8 Å². The Morgan fingerprint density at radius 3 is 2.14 bits per heavy atom. The Morgan fingerprint density at radius 1 is 1.07 bits per heavy atom. The Bertz CT molecular complexity index is 135. The zero-order valence-corrected chi connectivity index (χ0v) is 10.6. The Morgan fingerprint density at radius 2 is 1.71 bits per heavy atom. The van der Waals surface area contributed by atoms with Gasteiger partial charge in [-0.2, -0.15) is 0 Å². The lowest BCUT2D eigenvalue weighted by Gasteiger charge is -2.18. The lowest BCUT2D eigenvalue weighted by Crippen LogP contribution is -2.05. The first-order valence-corrected chi connectivity index (χ1v) is 6.22. The topological polar surface area (TPSA) is 0 Å². The van der Waals surface area contributed by atoms with Gasteiger partial charge in [0.1, 0.15) is 0 Å². The quantitative estimate of drug-likeness (QED) is 0.476. The molecule has 0 aromatic rings. The molecule has 0 aromatic heterocycles. The third kappa shape index (κ3) is 7.17. The van der Waals surface area contributed by atoms with Gasteiger partial charge in [-0.15, -0.1) is 6.58 Å². The standard InChI is InChI=1S/C14H28/c1-6-8-14(7-2)11-13(5)10-9-12(3)4/h7,12-14H,2,6,8-11H2,1,3-5H3. The molecular weight excluding hydrogens is 168 g/mol. The van der Waals surface area contributed by atoms with Crippen molar-refractivity contribution in [2.24, 2.45) is 17.8 Å². The normalized spacial score (nSPS) is 15.5. The van der Waals surface area contributed by atoms with Gasteiger partial charge in [0.05, 0.1) is 0 Å². The van der Waals surface area contributed by atoms with Crippen molar-refractivity contribution in [1.82, 2.24) is 0 Å². The fourth-order valence-corrected chi connectivity index (χ4v) is 1.96. The number of allylic oxidation sites excluding steroid dienone is 1. The van der Waals surface area contributed by atoms with Crippen molar-refractivity contribution >= 4 is 0 Å². The lowest BCUT2D eigenvalue weighted by atomic mass is 9.88. The van der Waals surface area contributed by atoms with E-state index in [2.05, 4.69) is 40.3 Å². The van der Waals surface area contributed by atoms with E-state index in [0.717, 1.165) is 17.8 Å². The molecule has 0 saturated heterocycles. The molecule has 0 fully saturated rings. The number of hydrogen-bond donors (Lipinski definition) is 0. The molecule has 14 heavy (non-hydrogen) atoms. The maximum absolute atomic E-state index is 3.93. The van der Waals surface area contributed by atoms with Gasteiger partial charge in [0, 0.05) is 0 Å². The molecule has 0 rings (SSSR count). The van der Waals surface area contributed by atoms with E-state index >= 15 is 0 Å². The van der Waals surface area contributed by atoms with Crippen molar-refractivity contribution in [2.75, 3.05) is 0 Å². The summed E-state index contributed by atoms with van der Waals surface area (Å²) >= 11 is 0. The highest BCUT2D eigenvalue weighted by molar-refractivity contribution is 4.80. The highest BCUT2D eigenvalue weighted by Gasteiger charge is 2.09. The van der Waals surface area contributed by atoms with Crippen LogP contribution >= 0.6 is 0 Å². The van der Waals surface area contributed by atoms with Crippen LogP contribution in [0.3, 0.4) is 0 Å². The summed E-state index contributed by atoms with van der Waals surface area (Å²) in [5.41, 5.74) is 0. The average molecular weight is 196 g/mol. The van der Waals surface area contributed by atoms with Crippen LogP contribution in [0.15, 0.2) is 12.7 Å². The Labute approximate surface area is 90.8 Å². The van der Waals surface area contributed by atoms with Crippen molar-refractivity contribution < 1.29 is 0 Å². The summed E-state index contributed by atoms with van der Waals surface area (Å²) in [4.78, 5) is 0. The van der Waals surface area contributed by atoms with E-state index in [0.29, 0.717) is 0 Å². The fraction of sp³-hybridized carbons (Fsp3) is 0.857. The van der Waals surface area contributed by atoms with Gasteiger partial charge in [0.25, 0.3) is 0 Å². The van der Waals surface area contributed by atoms with Gasteiger partial charge in [0.2, 0.25) is 0 Å². The Kier molecular flexibility index (Phi) is 7.93. The van der Waals surface area contributed by atoms with Crippen LogP contribution in [0.1, 0.15) is 59.8 Å². The first kappa shape index (κ1) is 13.7. The summed E-state index contributed by atoms with van der Waals surface area (Å²) in [6.07, 6.45) is 8.84. The molecule has 0 aliphatic heterocycles. The average Bonchev–Trinajstić information content (AvgIpc) is 2.14. The predicted molar refractivity (Wildman–Crippen MR) is 66.4 cm³/mol. The predicted octanol–water partition coefficient (Wildman–Crippen LogP) is 5.05. The van der Waals surface area contributed by atoms with Crippen molar-refractivity contribution in [3.8, 4) is 0 Å². The molecule has 0 aliphatic carbocycles. The molecule has 0 spiro atoms. The van der Waals surface area contributed by atoms with Crippen molar-refractivity contribution in [1.29, 1.82) is 0 Å². The molecule has 0 nitrogen and oxygen atoms in total. The van der Waals surface area contributed by atoms with E-state index < -0.39 is 0 Å². The van der Waals surface area contributed by atoms with Gasteiger partial charge in [-0.3, -0.25) is 0 Å². The molecular formula is C14H28. The van der Waals surface area contributed by atoms with Gasteiger partial charge < -0.3 is 0 Å². The SMILES string of the molecule is C=CC(CCC)CC(C)CCC(C)C. The number of hydrogen-bond acceptors (Lipinski definition) is 0. The van der Waals surface area contributed by atoms with Crippen LogP contribution in [0.25, 0.3) is 0 Å². The van der Waals surface area contributed by atoms with Gasteiger partial charge in [-0.1, -0.05) is 53.0 Å². The van der Waals surface area contributed by atoms with Crippen LogP contribution in [-0.4, -0.2) is 0 Å². The Hall–Kier alpha value is -0.260. The zero-order chi connectivity index (χ0) is 11.0.